The van der Waals surface area contributed by atoms with Gasteiger partial charge >= 0.3 is 0 Å². The third-order valence-electron chi connectivity index (χ3n) is 4.19. The quantitative estimate of drug-likeness (QED) is 0.505. The van der Waals surface area contributed by atoms with Crippen molar-refractivity contribution in [2.45, 2.75) is 6.92 Å². The van der Waals surface area contributed by atoms with Gasteiger partial charge < -0.3 is 4.42 Å². The van der Waals surface area contributed by atoms with Crippen LogP contribution in [0.1, 0.15) is 12.7 Å². The van der Waals surface area contributed by atoms with Gasteiger partial charge in [-0.2, -0.15) is 10.1 Å². The fourth-order valence-electron chi connectivity index (χ4n) is 2.84. The number of carbonyl (C=O) groups is 1. The number of benzene rings is 2. The first kappa shape index (κ1) is 17.6. The maximum absolute atomic E-state index is 12.8. The van der Waals surface area contributed by atoms with Gasteiger partial charge in [0.1, 0.15) is 11.5 Å². The summed E-state index contributed by atoms with van der Waals surface area (Å²) in [6, 6.07) is 18.2. The largest absolute Gasteiger partial charge is 0.457 e. The summed E-state index contributed by atoms with van der Waals surface area (Å²) in [6.45, 7) is 1.80. The van der Waals surface area contributed by atoms with Gasteiger partial charge in [-0.3, -0.25) is 4.79 Å². The van der Waals surface area contributed by atoms with Crippen LogP contribution < -0.4 is 5.01 Å². The second-order valence-electron chi connectivity index (χ2n) is 6.00. The zero-order valence-electron chi connectivity index (χ0n) is 14.3. The third kappa shape index (κ3) is 3.29. The summed E-state index contributed by atoms with van der Waals surface area (Å²) >= 11 is 12.3. The van der Waals surface area contributed by atoms with Gasteiger partial charge in [0.05, 0.1) is 27.0 Å². The van der Waals surface area contributed by atoms with Crippen LogP contribution in [-0.4, -0.2) is 11.6 Å². The molecular formula is C21H14Cl2N2O2. The van der Waals surface area contributed by atoms with Crippen LogP contribution in [0.25, 0.3) is 17.4 Å². The Morgan fingerprint density at radius 3 is 2.56 bits per heavy atom. The summed E-state index contributed by atoms with van der Waals surface area (Å²) in [7, 11) is 0. The first-order chi connectivity index (χ1) is 13.0. The first-order valence-electron chi connectivity index (χ1n) is 8.25. The molecule has 1 amide bonds. The van der Waals surface area contributed by atoms with Crippen molar-refractivity contribution in [2.24, 2.45) is 5.10 Å². The number of furan rings is 1. The summed E-state index contributed by atoms with van der Waals surface area (Å²) in [4.78, 5) is 12.8. The molecule has 0 fully saturated rings. The average Bonchev–Trinajstić information content (AvgIpc) is 3.25. The fourth-order valence-corrected chi connectivity index (χ4v) is 3.23. The SMILES string of the molecule is CC1=NN(c2ccccc2)C(=O)/C1=C\c1ccc(-c2cccc(Cl)c2Cl)o1. The van der Waals surface area contributed by atoms with Crippen molar-refractivity contribution in [1.82, 2.24) is 0 Å². The summed E-state index contributed by atoms with van der Waals surface area (Å²) in [6.07, 6.45) is 1.69. The minimum atomic E-state index is -0.197. The van der Waals surface area contributed by atoms with E-state index in [9.17, 15) is 4.79 Å². The Kier molecular flexibility index (Phi) is 4.60. The van der Waals surface area contributed by atoms with Gasteiger partial charge in [0.2, 0.25) is 0 Å². The van der Waals surface area contributed by atoms with Crippen molar-refractivity contribution < 1.29 is 9.21 Å². The molecule has 1 aliphatic rings. The van der Waals surface area contributed by atoms with Gasteiger partial charge in [0, 0.05) is 5.56 Å². The number of hydrogen-bond donors (Lipinski definition) is 0. The molecule has 0 unspecified atom stereocenters. The van der Waals surface area contributed by atoms with E-state index in [1.807, 2.05) is 36.4 Å². The first-order valence-corrected chi connectivity index (χ1v) is 9.01. The lowest BCUT2D eigenvalue weighted by Crippen LogP contribution is -2.21. The van der Waals surface area contributed by atoms with Gasteiger partial charge in [0.15, 0.2) is 0 Å². The molecule has 27 heavy (non-hydrogen) atoms. The Morgan fingerprint density at radius 1 is 1.00 bits per heavy atom. The monoisotopic (exact) mass is 396 g/mol. The number of nitrogens with zero attached hydrogens (tertiary/aromatic N) is 2. The highest BCUT2D eigenvalue weighted by atomic mass is 35.5. The summed E-state index contributed by atoms with van der Waals surface area (Å²) in [5.41, 5.74) is 2.53. The molecule has 6 heteroatoms. The molecule has 1 aromatic heterocycles. The molecule has 0 saturated heterocycles. The molecule has 0 bridgehead atoms. The molecule has 4 rings (SSSR count). The maximum Gasteiger partial charge on any atom is 0.280 e. The highest BCUT2D eigenvalue weighted by molar-refractivity contribution is 6.43. The molecule has 1 aliphatic heterocycles. The Bertz CT molecular complexity index is 1080. The lowest BCUT2D eigenvalue weighted by atomic mass is 10.1. The van der Waals surface area contributed by atoms with Crippen molar-refractivity contribution in [2.75, 3.05) is 5.01 Å². The number of para-hydroxylation sites is 1. The molecule has 4 nitrogen and oxygen atoms in total. The molecule has 0 spiro atoms. The van der Waals surface area contributed by atoms with E-state index in [4.69, 9.17) is 27.6 Å². The van der Waals surface area contributed by atoms with Crippen LogP contribution in [0.3, 0.4) is 0 Å². The van der Waals surface area contributed by atoms with Crippen molar-refractivity contribution in [1.29, 1.82) is 0 Å². The van der Waals surface area contributed by atoms with Gasteiger partial charge in [-0.25, -0.2) is 0 Å². The molecule has 0 N–H and O–H groups in total. The molecule has 0 radical (unpaired) electrons. The van der Waals surface area contributed by atoms with E-state index in [-0.39, 0.29) is 5.91 Å². The summed E-state index contributed by atoms with van der Waals surface area (Å²) in [5.74, 6) is 0.917. The predicted octanol–water partition coefficient (Wildman–Crippen LogP) is 6.06. The van der Waals surface area contributed by atoms with Crippen LogP contribution in [0, 0.1) is 0 Å². The number of hydrogen-bond acceptors (Lipinski definition) is 3. The van der Waals surface area contributed by atoms with Crippen LogP contribution >= 0.6 is 23.2 Å². The highest BCUT2D eigenvalue weighted by Gasteiger charge is 2.29. The molecule has 134 valence electrons. The van der Waals surface area contributed by atoms with Crippen LogP contribution in [0.15, 0.2) is 75.8 Å². The van der Waals surface area contributed by atoms with Gasteiger partial charge in [-0.1, -0.05) is 47.5 Å². The lowest BCUT2D eigenvalue weighted by Gasteiger charge is -2.10. The average molecular weight is 397 g/mol. The minimum absolute atomic E-state index is 0.197. The van der Waals surface area contributed by atoms with Crippen LogP contribution in [0.2, 0.25) is 10.0 Å². The van der Waals surface area contributed by atoms with Gasteiger partial charge in [0.25, 0.3) is 5.91 Å². The summed E-state index contributed by atoms with van der Waals surface area (Å²) in [5, 5.41) is 6.63. The van der Waals surface area contributed by atoms with Crippen LogP contribution in [0.5, 0.6) is 0 Å². The van der Waals surface area contributed by atoms with Gasteiger partial charge in [-0.15, -0.1) is 0 Å². The molecule has 3 aromatic rings. The van der Waals surface area contributed by atoms with Crippen LogP contribution in [0.4, 0.5) is 5.69 Å². The van der Waals surface area contributed by atoms with E-state index in [2.05, 4.69) is 5.10 Å². The molecule has 0 aliphatic carbocycles. The second-order valence-corrected chi connectivity index (χ2v) is 6.78. The molecule has 2 aromatic carbocycles. The standard InChI is InChI=1S/C21H14Cl2N2O2/c1-13-17(21(26)25(24-13)14-6-3-2-4-7-14)12-15-10-11-19(27-15)16-8-5-9-18(22)20(16)23/h2-12H,1H3/b17-12-. The molecule has 0 saturated carbocycles. The van der Waals surface area contributed by atoms with E-state index in [1.54, 1.807) is 37.3 Å². The Morgan fingerprint density at radius 2 is 1.78 bits per heavy atom. The number of hydrazone groups is 1. The molecule has 2 heterocycles. The number of amides is 1. The zero-order chi connectivity index (χ0) is 19.0. The highest BCUT2D eigenvalue weighted by Crippen LogP contribution is 2.35. The van der Waals surface area contributed by atoms with E-state index >= 15 is 0 Å². The fraction of sp³-hybridized carbons (Fsp3) is 0.0476. The Labute approximate surface area is 166 Å². The Hall–Kier alpha value is -2.82. The van der Waals surface area contributed by atoms with Crippen molar-refractivity contribution in [3.8, 4) is 11.3 Å². The van der Waals surface area contributed by atoms with Crippen LogP contribution in [-0.2, 0) is 4.79 Å². The van der Waals surface area contributed by atoms with E-state index in [0.29, 0.717) is 38.4 Å². The minimum Gasteiger partial charge on any atom is -0.457 e. The molecular weight excluding hydrogens is 383 g/mol. The van der Waals surface area contributed by atoms with Crippen molar-refractivity contribution in [3.05, 3.63) is 82.0 Å². The van der Waals surface area contributed by atoms with E-state index in [1.165, 1.54) is 5.01 Å². The third-order valence-corrected chi connectivity index (χ3v) is 5.01. The number of halogens is 2. The smallest absolute Gasteiger partial charge is 0.280 e. The molecule has 0 atom stereocenters. The zero-order valence-corrected chi connectivity index (χ0v) is 15.8. The maximum atomic E-state index is 12.8. The van der Waals surface area contributed by atoms with Crippen molar-refractivity contribution in [3.63, 3.8) is 0 Å². The van der Waals surface area contributed by atoms with E-state index < -0.39 is 0 Å². The number of rotatable bonds is 3. The number of carbonyl (C=O) groups excluding carboxylic acids is 1. The predicted molar refractivity (Wildman–Crippen MR) is 109 cm³/mol. The summed E-state index contributed by atoms with van der Waals surface area (Å²) < 4.78 is 5.86. The number of anilines is 1. The topological polar surface area (TPSA) is 45.8 Å². The normalized spacial score (nSPS) is 15.5. The van der Waals surface area contributed by atoms with Gasteiger partial charge in [-0.05, 0) is 49.4 Å². The Balaban J connectivity index is 1.65. The second kappa shape index (κ2) is 7.06. The lowest BCUT2D eigenvalue weighted by molar-refractivity contribution is -0.114. The van der Waals surface area contributed by atoms with E-state index in [0.717, 1.165) is 5.69 Å². The van der Waals surface area contributed by atoms with Crippen molar-refractivity contribution >= 4 is 46.6 Å².